The van der Waals surface area contributed by atoms with Crippen molar-refractivity contribution in [3.05, 3.63) is 96.1 Å². The summed E-state index contributed by atoms with van der Waals surface area (Å²) in [6, 6.07) is 28.6. The van der Waals surface area contributed by atoms with Crippen LogP contribution in [0.5, 0.6) is 5.75 Å². The van der Waals surface area contributed by atoms with Crippen molar-refractivity contribution in [1.82, 2.24) is 4.90 Å². The molecule has 0 heterocycles. The van der Waals surface area contributed by atoms with Gasteiger partial charge in [0.25, 0.3) is 0 Å². The van der Waals surface area contributed by atoms with Gasteiger partial charge in [0, 0.05) is 19.5 Å². The van der Waals surface area contributed by atoms with E-state index in [4.69, 9.17) is 10.5 Å². The Labute approximate surface area is 156 Å². The van der Waals surface area contributed by atoms with Gasteiger partial charge in [-0.1, -0.05) is 72.8 Å². The van der Waals surface area contributed by atoms with Crippen LogP contribution in [-0.4, -0.2) is 24.6 Å². The van der Waals surface area contributed by atoms with Crippen molar-refractivity contribution in [3.63, 3.8) is 0 Å². The molecule has 0 bridgehead atoms. The van der Waals surface area contributed by atoms with Gasteiger partial charge in [-0.25, -0.2) is 0 Å². The van der Waals surface area contributed by atoms with Crippen LogP contribution >= 0.6 is 0 Å². The van der Waals surface area contributed by atoms with E-state index in [-0.39, 0.29) is 6.10 Å². The predicted octanol–water partition coefficient (Wildman–Crippen LogP) is 4.39. The van der Waals surface area contributed by atoms with Crippen molar-refractivity contribution < 1.29 is 4.74 Å². The van der Waals surface area contributed by atoms with Crippen LogP contribution in [0.15, 0.2) is 84.9 Å². The maximum atomic E-state index is 6.29. The molecule has 3 heteroatoms. The van der Waals surface area contributed by atoms with Gasteiger partial charge >= 0.3 is 0 Å². The van der Waals surface area contributed by atoms with E-state index in [0.29, 0.717) is 5.69 Å². The second-order valence-corrected chi connectivity index (χ2v) is 6.65. The number of likely N-dealkylation sites (N-methyl/N-ethyl adjacent to an activating group) is 1. The first-order valence-electron chi connectivity index (χ1n) is 8.98. The Bertz CT molecular complexity index is 790. The lowest BCUT2D eigenvalue weighted by molar-refractivity contribution is 0.145. The van der Waals surface area contributed by atoms with Crippen LogP contribution in [0.2, 0.25) is 0 Å². The van der Waals surface area contributed by atoms with E-state index in [1.54, 1.807) is 0 Å². The first-order chi connectivity index (χ1) is 12.7. The van der Waals surface area contributed by atoms with E-state index in [2.05, 4.69) is 60.5 Å². The summed E-state index contributed by atoms with van der Waals surface area (Å²) in [4.78, 5) is 2.29. The summed E-state index contributed by atoms with van der Waals surface area (Å²) in [5.74, 6) is 0.751. The van der Waals surface area contributed by atoms with Crippen molar-refractivity contribution in [2.24, 2.45) is 0 Å². The number of hydrogen-bond donors (Lipinski definition) is 1. The summed E-state index contributed by atoms with van der Waals surface area (Å²) < 4.78 is 6.29. The molecule has 3 rings (SSSR count). The highest BCUT2D eigenvalue weighted by molar-refractivity contribution is 5.51. The SMILES string of the molecule is CN(Cc1ccccc1)CC(Cc1ccccc1)Oc1ccccc1N. The zero-order valence-corrected chi connectivity index (χ0v) is 15.2. The number of rotatable bonds is 8. The lowest BCUT2D eigenvalue weighted by Crippen LogP contribution is -2.34. The molecule has 1 atom stereocenters. The van der Waals surface area contributed by atoms with Crippen LogP contribution < -0.4 is 10.5 Å². The standard InChI is InChI=1S/C23H26N2O/c1-25(17-20-12-6-3-7-13-20)18-21(16-19-10-4-2-5-11-19)26-23-15-9-8-14-22(23)24/h2-15,21H,16-18,24H2,1H3. The molecule has 1 unspecified atom stereocenters. The summed E-state index contributed by atoms with van der Waals surface area (Å²) in [6.45, 7) is 1.71. The molecular weight excluding hydrogens is 320 g/mol. The third-order valence-corrected chi connectivity index (χ3v) is 4.33. The molecule has 0 saturated heterocycles. The molecule has 0 aromatic heterocycles. The minimum Gasteiger partial charge on any atom is -0.487 e. The van der Waals surface area contributed by atoms with E-state index in [1.165, 1.54) is 11.1 Å². The zero-order valence-electron chi connectivity index (χ0n) is 15.2. The first-order valence-corrected chi connectivity index (χ1v) is 8.98. The fourth-order valence-electron chi connectivity index (χ4n) is 3.10. The Hall–Kier alpha value is -2.78. The highest BCUT2D eigenvalue weighted by atomic mass is 16.5. The summed E-state index contributed by atoms with van der Waals surface area (Å²) in [5.41, 5.74) is 9.32. The highest BCUT2D eigenvalue weighted by Crippen LogP contribution is 2.22. The van der Waals surface area contributed by atoms with Crippen LogP contribution in [0, 0.1) is 0 Å². The molecule has 0 spiro atoms. The molecule has 26 heavy (non-hydrogen) atoms. The molecule has 0 radical (unpaired) electrons. The molecule has 134 valence electrons. The number of ether oxygens (including phenoxy) is 1. The second-order valence-electron chi connectivity index (χ2n) is 6.65. The van der Waals surface area contributed by atoms with E-state index in [1.807, 2.05) is 36.4 Å². The maximum Gasteiger partial charge on any atom is 0.142 e. The summed E-state index contributed by atoms with van der Waals surface area (Å²) >= 11 is 0. The van der Waals surface area contributed by atoms with Crippen LogP contribution in [0.25, 0.3) is 0 Å². The maximum absolute atomic E-state index is 6.29. The molecule has 0 saturated carbocycles. The third-order valence-electron chi connectivity index (χ3n) is 4.33. The average Bonchev–Trinajstić information content (AvgIpc) is 2.65. The van der Waals surface area contributed by atoms with E-state index in [0.717, 1.165) is 25.3 Å². The average molecular weight is 346 g/mol. The molecular formula is C23H26N2O. The number of hydrogen-bond acceptors (Lipinski definition) is 3. The van der Waals surface area contributed by atoms with E-state index >= 15 is 0 Å². The molecule has 0 fully saturated rings. The molecule has 3 aromatic rings. The molecule has 0 aliphatic rings. The summed E-state index contributed by atoms with van der Waals surface area (Å²) in [5, 5.41) is 0. The Morgan fingerprint density at radius 2 is 1.38 bits per heavy atom. The van der Waals surface area contributed by atoms with Crippen LogP contribution in [0.4, 0.5) is 5.69 Å². The molecule has 3 nitrogen and oxygen atoms in total. The largest absolute Gasteiger partial charge is 0.487 e. The van der Waals surface area contributed by atoms with Crippen LogP contribution in [0.1, 0.15) is 11.1 Å². The third kappa shape index (κ3) is 5.36. The van der Waals surface area contributed by atoms with Gasteiger partial charge < -0.3 is 10.5 Å². The van der Waals surface area contributed by atoms with Gasteiger partial charge in [-0.05, 0) is 30.3 Å². The van der Waals surface area contributed by atoms with E-state index in [9.17, 15) is 0 Å². The molecule has 0 aliphatic carbocycles. The van der Waals surface area contributed by atoms with Crippen LogP contribution in [0.3, 0.4) is 0 Å². The summed E-state index contributed by atoms with van der Waals surface area (Å²) in [6.07, 6.45) is 0.865. The smallest absolute Gasteiger partial charge is 0.142 e. The minimum atomic E-state index is 0.0239. The fraction of sp³-hybridized carbons (Fsp3) is 0.217. The Morgan fingerprint density at radius 3 is 2.04 bits per heavy atom. The number of nitrogen functional groups attached to an aromatic ring is 1. The Kier molecular flexibility index (Phi) is 6.29. The van der Waals surface area contributed by atoms with Gasteiger partial charge in [0.1, 0.15) is 11.9 Å². The second kappa shape index (κ2) is 9.07. The lowest BCUT2D eigenvalue weighted by Gasteiger charge is -2.26. The number of benzene rings is 3. The monoisotopic (exact) mass is 346 g/mol. The predicted molar refractivity (Wildman–Crippen MR) is 108 cm³/mol. The van der Waals surface area contributed by atoms with Gasteiger partial charge in [0.05, 0.1) is 5.69 Å². The van der Waals surface area contributed by atoms with Crippen molar-refractivity contribution in [2.75, 3.05) is 19.3 Å². The quantitative estimate of drug-likeness (QED) is 0.615. The molecule has 2 N–H and O–H groups in total. The number of anilines is 1. The minimum absolute atomic E-state index is 0.0239. The van der Waals surface area contributed by atoms with Gasteiger partial charge in [-0.2, -0.15) is 0 Å². The summed E-state index contributed by atoms with van der Waals surface area (Å²) in [7, 11) is 2.13. The van der Waals surface area contributed by atoms with Crippen molar-refractivity contribution in [3.8, 4) is 5.75 Å². The molecule has 0 amide bonds. The van der Waals surface area contributed by atoms with E-state index < -0.39 is 0 Å². The van der Waals surface area contributed by atoms with Gasteiger partial charge in [-0.15, -0.1) is 0 Å². The number of nitrogens with two attached hydrogens (primary N) is 1. The Morgan fingerprint density at radius 1 is 0.808 bits per heavy atom. The number of nitrogens with zero attached hydrogens (tertiary/aromatic N) is 1. The van der Waals surface area contributed by atoms with Gasteiger partial charge in [0.2, 0.25) is 0 Å². The van der Waals surface area contributed by atoms with Gasteiger partial charge in [0.15, 0.2) is 0 Å². The lowest BCUT2D eigenvalue weighted by atomic mass is 10.1. The fourth-order valence-corrected chi connectivity index (χ4v) is 3.10. The van der Waals surface area contributed by atoms with Crippen LogP contribution in [-0.2, 0) is 13.0 Å². The van der Waals surface area contributed by atoms with Crippen molar-refractivity contribution in [2.45, 2.75) is 19.1 Å². The van der Waals surface area contributed by atoms with Crippen molar-refractivity contribution >= 4 is 5.69 Å². The molecule has 0 aliphatic heterocycles. The Balaban J connectivity index is 1.70. The zero-order chi connectivity index (χ0) is 18.2. The highest BCUT2D eigenvalue weighted by Gasteiger charge is 2.16. The topological polar surface area (TPSA) is 38.5 Å². The number of para-hydroxylation sites is 2. The van der Waals surface area contributed by atoms with Crippen molar-refractivity contribution in [1.29, 1.82) is 0 Å². The molecule has 3 aromatic carbocycles. The van der Waals surface area contributed by atoms with Gasteiger partial charge in [-0.3, -0.25) is 4.90 Å². The first kappa shape index (κ1) is 18.0. The normalized spacial score (nSPS) is 12.1.